The lowest BCUT2D eigenvalue weighted by Crippen LogP contribution is -2.42. The fraction of sp³-hybridized carbons (Fsp3) is 0.333. The maximum atomic E-state index is 12.1. The van der Waals surface area contributed by atoms with E-state index in [1.807, 2.05) is 0 Å². The molecule has 0 bridgehead atoms. The van der Waals surface area contributed by atoms with Crippen LogP contribution in [-0.4, -0.2) is 26.2 Å². The summed E-state index contributed by atoms with van der Waals surface area (Å²) in [5.74, 6) is -1.28. The van der Waals surface area contributed by atoms with Gasteiger partial charge in [0.1, 0.15) is 0 Å². The highest BCUT2D eigenvalue weighted by Gasteiger charge is 2.47. The van der Waals surface area contributed by atoms with Crippen molar-refractivity contribution in [2.45, 2.75) is 12.8 Å². The van der Waals surface area contributed by atoms with Crippen molar-refractivity contribution < 1.29 is 19.1 Å². The van der Waals surface area contributed by atoms with Crippen LogP contribution in [0.4, 0.5) is 0 Å². The fourth-order valence-electron chi connectivity index (χ4n) is 2.05. The molecule has 0 aliphatic heterocycles. The number of carbonyl (C=O) groups is 2. The number of benzene rings is 1. The number of esters is 2. The van der Waals surface area contributed by atoms with Gasteiger partial charge in [-0.15, -0.1) is 6.58 Å². The van der Waals surface area contributed by atoms with Crippen LogP contribution < -0.4 is 0 Å². The zero-order chi connectivity index (χ0) is 15.2. The van der Waals surface area contributed by atoms with Gasteiger partial charge in [0, 0.05) is 5.02 Å². The van der Waals surface area contributed by atoms with E-state index in [2.05, 4.69) is 6.58 Å². The Morgan fingerprint density at radius 3 is 2.10 bits per heavy atom. The molecule has 5 heteroatoms. The molecule has 0 aliphatic carbocycles. The third-order valence-electron chi connectivity index (χ3n) is 3.06. The molecule has 0 amide bonds. The summed E-state index contributed by atoms with van der Waals surface area (Å²) >= 11 is 5.82. The van der Waals surface area contributed by atoms with Crippen molar-refractivity contribution in [2.75, 3.05) is 14.2 Å². The Labute approximate surface area is 123 Å². The minimum atomic E-state index is -1.42. The topological polar surface area (TPSA) is 52.6 Å². The van der Waals surface area contributed by atoms with Crippen LogP contribution in [0.5, 0.6) is 0 Å². The minimum Gasteiger partial charge on any atom is -0.468 e. The SMILES string of the molecule is C=CCC(Cc1ccc(Cl)cc1)(C(=O)OC)C(=O)OC. The summed E-state index contributed by atoms with van der Waals surface area (Å²) in [5, 5.41) is 0.583. The Kier molecular flexibility index (Phi) is 5.77. The molecule has 0 unspecified atom stereocenters. The second-order valence-electron chi connectivity index (χ2n) is 4.36. The van der Waals surface area contributed by atoms with E-state index in [4.69, 9.17) is 21.1 Å². The van der Waals surface area contributed by atoms with Crippen molar-refractivity contribution in [2.24, 2.45) is 5.41 Å². The first-order valence-corrected chi connectivity index (χ1v) is 6.40. The van der Waals surface area contributed by atoms with Gasteiger partial charge in [-0.05, 0) is 30.5 Å². The first-order valence-electron chi connectivity index (χ1n) is 6.02. The molecule has 0 saturated carbocycles. The molecular formula is C15H17ClO4. The van der Waals surface area contributed by atoms with Crippen molar-refractivity contribution in [3.8, 4) is 0 Å². The van der Waals surface area contributed by atoms with Crippen molar-refractivity contribution in [3.63, 3.8) is 0 Å². The monoisotopic (exact) mass is 296 g/mol. The van der Waals surface area contributed by atoms with E-state index in [0.29, 0.717) is 5.02 Å². The molecule has 4 nitrogen and oxygen atoms in total. The van der Waals surface area contributed by atoms with Gasteiger partial charge in [-0.1, -0.05) is 29.8 Å². The molecule has 20 heavy (non-hydrogen) atoms. The molecule has 0 atom stereocenters. The molecule has 0 fully saturated rings. The Morgan fingerprint density at radius 2 is 1.70 bits per heavy atom. The van der Waals surface area contributed by atoms with Gasteiger partial charge in [0.05, 0.1) is 14.2 Å². The number of hydrogen-bond acceptors (Lipinski definition) is 4. The molecule has 0 saturated heterocycles. The van der Waals surface area contributed by atoms with E-state index in [1.54, 1.807) is 24.3 Å². The normalized spacial score (nSPS) is 10.8. The molecule has 1 aromatic carbocycles. The second kappa shape index (κ2) is 7.10. The maximum Gasteiger partial charge on any atom is 0.323 e. The summed E-state index contributed by atoms with van der Waals surface area (Å²) in [6.45, 7) is 3.60. The number of halogens is 1. The van der Waals surface area contributed by atoms with Gasteiger partial charge in [-0.25, -0.2) is 0 Å². The lowest BCUT2D eigenvalue weighted by molar-refractivity contribution is -0.168. The number of methoxy groups -OCH3 is 2. The highest BCUT2D eigenvalue weighted by Crippen LogP contribution is 2.31. The number of rotatable bonds is 6. The summed E-state index contributed by atoms with van der Waals surface area (Å²) in [6, 6.07) is 6.91. The van der Waals surface area contributed by atoms with E-state index in [-0.39, 0.29) is 12.8 Å². The van der Waals surface area contributed by atoms with E-state index in [1.165, 1.54) is 20.3 Å². The summed E-state index contributed by atoms with van der Waals surface area (Å²) in [6.07, 6.45) is 1.80. The Morgan fingerprint density at radius 1 is 1.20 bits per heavy atom. The van der Waals surface area contributed by atoms with Gasteiger partial charge >= 0.3 is 11.9 Å². The van der Waals surface area contributed by atoms with Crippen molar-refractivity contribution in [1.82, 2.24) is 0 Å². The Hall–Kier alpha value is -1.81. The zero-order valence-corrected chi connectivity index (χ0v) is 12.3. The summed E-state index contributed by atoms with van der Waals surface area (Å²) in [5.41, 5.74) is -0.633. The lowest BCUT2D eigenvalue weighted by Gasteiger charge is -2.27. The molecule has 0 heterocycles. The molecular weight excluding hydrogens is 280 g/mol. The Balaban J connectivity index is 3.20. The first-order chi connectivity index (χ1) is 9.50. The molecule has 1 aromatic rings. The van der Waals surface area contributed by atoms with Crippen LogP contribution in [0, 0.1) is 5.41 Å². The zero-order valence-electron chi connectivity index (χ0n) is 11.5. The average Bonchev–Trinajstić information content (AvgIpc) is 2.47. The fourth-order valence-corrected chi connectivity index (χ4v) is 2.18. The predicted octanol–water partition coefficient (Wildman–Crippen LogP) is 2.79. The van der Waals surface area contributed by atoms with Gasteiger partial charge in [0.2, 0.25) is 0 Å². The van der Waals surface area contributed by atoms with Gasteiger partial charge < -0.3 is 9.47 Å². The van der Waals surface area contributed by atoms with E-state index in [0.717, 1.165) is 5.56 Å². The van der Waals surface area contributed by atoms with E-state index in [9.17, 15) is 9.59 Å². The van der Waals surface area contributed by atoms with Crippen LogP contribution in [0.25, 0.3) is 0 Å². The number of ether oxygens (including phenoxy) is 2. The van der Waals surface area contributed by atoms with Crippen LogP contribution in [-0.2, 0) is 25.5 Å². The van der Waals surface area contributed by atoms with Crippen LogP contribution in [0.2, 0.25) is 5.02 Å². The second-order valence-corrected chi connectivity index (χ2v) is 4.80. The van der Waals surface area contributed by atoms with Crippen molar-refractivity contribution in [3.05, 3.63) is 47.5 Å². The lowest BCUT2D eigenvalue weighted by atomic mass is 9.78. The first kappa shape index (κ1) is 16.2. The number of allylic oxidation sites excluding steroid dienone is 1. The van der Waals surface area contributed by atoms with Gasteiger partial charge in [-0.2, -0.15) is 0 Å². The molecule has 0 aromatic heterocycles. The van der Waals surface area contributed by atoms with Crippen LogP contribution in [0.15, 0.2) is 36.9 Å². The molecule has 1 rings (SSSR count). The minimum absolute atomic E-state index is 0.134. The van der Waals surface area contributed by atoms with Gasteiger partial charge in [-0.3, -0.25) is 9.59 Å². The predicted molar refractivity (Wildman–Crippen MR) is 76.4 cm³/mol. The smallest absolute Gasteiger partial charge is 0.323 e. The largest absolute Gasteiger partial charge is 0.468 e. The quantitative estimate of drug-likeness (QED) is 0.460. The summed E-state index contributed by atoms with van der Waals surface area (Å²) in [4.78, 5) is 24.2. The summed E-state index contributed by atoms with van der Waals surface area (Å²) in [7, 11) is 2.48. The Bertz CT molecular complexity index is 477. The molecule has 0 aliphatic rings. The number of carbonyl (C=O) groups excluding carboxylic acids is 2. The average molecular weight is 297 g/mol. The maximum absolute atomic E-state index is 12.1. The van der Waals surface area contributed by atoms with Crippen LogP contribution >= 0.6 is 11.6 Å². The van der Waals surface area contributed by atoms with Crippen LogP contribution in [0.3, 0.4) is 0 Å². The highest BCUT2D eigenvalue weighted by atomic mass is 35.5. The molecule has 0 N–H and O–H groups in total. The summed E-state index contributed by atoms with van der Waals surface area (Å²) < 4.78 is 9.55. The van der Waals surface area contributed by atoms with Gasteiger partial charge in [0.15, 0.2) is 5.41 Å². The van der Waals surface area contributed by atoms with Crippen molar-refractivity contribution >= 4 is 23.5 Å². The van der Waals surface area contributed by atoms with Crippen molar-refractivity contribution in [1.29, 1.82) is 0 Å². The third-order valence-corrected chi connectivity index (χ3v) is 3.32. The van der Waals surface area contributed by atoms with Gasteiger partial charge in [0.25, 0.3) is 0 Å². The van der Waals surface area contributed by atoms with E-state index >= 15 is 0 Å². The number of hydrogen-bond donors (Lipinski definition) is 0. The molecule has 0 radical (unpaired) electrons. The third kappa shape index (κ3) is 3.39. The molecule has 108 valence electrons. The van der Waals surface area contributed by atoms with E-state index < -0.39 is 17.4 Å². The molecule has 0 spiro atoms. The standard InChI is InChI=1S/C15H17ClO4/c1-4-9-15(13(17)19-2,14(18)20-3)10-11-5-7-12(16)8-6-11/h4-8H,1,9-10H2,2-3H3. The van der Waals surface area contributed by atoms with Crippen LogP contribution in [0.1, 0.15) is 12.0 Å². The highest BCUT2D eigenvalue weighted by molar-refractivity contribution is 6.30.